The SMILES string of the molecule is CN=C(NCCOC1CCCCCC1)NC1CCCN(c2cnn(C)c2)C1. The molecule has 1 atom stereocenters. The summed E-state index contributed by atoms with van der Waals surface area (Å²) < 4.78 is 7.92. The van der Waals surface area contributed by atoms with Crippen LogP contribution in [0.4, 0.5) is 5.69 Å². The number of anilines is 1. The Labute approximate surface area is 163 Å². The fourth-order valence-corrected chi connectivity index (χ4v) is 4.09. The van der Waals surface area contributed by atoms with Gasteiger partial charge in [0.15, 0.2) is 5.96 Å². The summed E-state index contributed by atoms with van der Waals surface area (Å²) in [7, 11) is 3.80. The summed E-state index contributed by atoms with van der Waals surface area (Å²) in [5.41, 5.74) is 1.20. The minimum atomic E-state index is 0.396. The first kappa shape index (κ1) is 20.0. The van der Waals surface area contributed by atoms with E-state index >= 15 is 0 Å². The highest BCUT2D eigenvalue weighted by molar-refractivity contribution is 5.80. The number of aromatic nitrogens is 2. The molecule has 1 aliphatic heterocycles. The number of nitrogens with zero attached hydrogens (tertiary/aromatic N) is 4. The molecule has 152 valence electrons. The van der Waals surface area contributed by atoms with Gasteiger partial charge in [-0.2, -0.15) is 5.10 Å². The van der Waals surface area contributed by atoms with E-state index < -0.39 is 0 Å². The van der Waals surface area contributed by atoms with Crippen LogP contribution in [0.3, 0.4) is 0 Å². The highest BCUT2D eigenvalue weighted by atomic mass is 16.5. The highest BCUT2D eigenvalue weighted by Crippen LogP contribution is 2.20. The van der Waals surface area contributed by atoms with Crippen LogP contribution < -0.4 is 15.5 Å². The fraction of sp³-hybridized carbons (Fsp3) is 0.800. The van der Waals surface area contributed by atoms with Crippen LogP contribution >= 0.6 is 0 Å². The Kier molecular flexibility index (Phi) is 7.80. The number of hydrogen-bond donors (Lipinski definition) is 2. The molecule has 2 heterocycles. The van der Waals surface area contributed by atoms with E-state index in [9.17, 15) is 0 Å². The van der Waals surface area contributed by atoms with Gasteiger partial charge in [0.25, 0.3) is 0 Å². The number of piperidine rings is 1. The first-order valence-corrected chi connectivity index (χ1v) is 10.6. The lowest BCUT2D eigenvalue weighted by Gasteiger charge is -2.34. The first-order chi connectivity index (χ1) is 13.2. The van der Waals surface area contributed by atoms with Crippen molar-refractivity contribution in [1.82, 2.24) is 20.4 Å². The number of aryl methyl sites for hydroxylation is 1. The Hall–Kier alpha value is -1.76. The Morgan fingerprint density at radius 2 is 2.04 bits per heavy atom. The van der Waals surface area contributed by atoms with Crippen molar-refractivity contribution in [1.29, 1.82) is 0 Å². The topological polar surface area (TPSA) is 66.7 Å². The van der Waals surface area contributed by atoms with Gasteiger partial charge in [-0.05, 0) is 25.7 Å². The van der Waals surface area contributed by atoms with Crippen LogP contribution in [0.5, 0.6) is 0 Å². The third kappa shape index (κ3) is 6.41. The van der Waals surface area contributed by atoms with Crippen LogP contribution in [-0.2, 0) is 11.8 Å². The summed E-state index contributed by atoms with van der Waals surface area (Å²) in [5.74, 6) is 0.873. The number of ether oxygens (including phenoxy) is 1. The van der Waals surface area contributed by atoms with E-state index in [1.54, 1.807) is 0 Å². The van der Waals surface area contributed by atoms with E-state index in [0.717, 1.165) is 38.6 Å². The number of rotatable bonds is 6. The van der Waals surface area contributed by atoms with Gasteiger partial charge >= 0.3 is 0 Å². The first-order valence-electron chi connectivity index (χ1n) is 10.6. The molecule has 0 bridgehead atoms. The molecule has 7 nitrogen and oxygen atoms in total. The number of hydrogen-bond acceptors (Lipinski definition) is 4. The van der Waals surface area contributed by atoms with E-state index in [4.69, 9.17) is 4.74 Å². The lowest BCUT2D eigenvalue weighted by Crippen LogP contribution is -2.51. The van der Waals surface area contributed by atoms with Crippen molar-refractivity contribution in [3.63, 3.8) is 0 Å². The molecule has 1 saturated carbocycles. The minimum Gasteiger partial charge on any atom is -0.376 e. The maximum atomic E-state index is 6.06. The van der Waals surface area contributed by atoms with E-state index in [2.05, 4.69) is 31.8 Å². The van der Waals surface area contributed by atoms with Gasteiger partial charge in [-0.1, -0.05) is 25.7 Å². The second kappa shape index (κ2) is 10.5. The molecule has 1 unspecified atom stereocenters. The van der Waals surface area contributed by atoms with Crippen LogP contribution in [0.1, 0.15) is 51.4 Å². The zero-order chi connectivity index (χ0) is 18.9. The van der Waals surface area contributed by atoms with Crippen LogP contribution in [0.15, 0.2) is 17.4 Å². The van der Waals surface area contributed by atoms with Gasteiger partial charge in [0.1, 0.15) is 0 Å². The number of aliphatic imine (C=N–C) groups is 1. The molecular formula is C20H36N6O. The summed E-state index contributed by atoms with van der Waals surface area (Å²) in [6.45, 7) is 3.61. The summed E-state index contributed by atoms with van der Waals surface area (Å²) in [6, 6.07) is 0.396. The molecule has 1 aromatic rings. The van der Waals surface area contributed by atoms with Gasteiger partial charge in [-0.15, -0.1) is 0 Å². The van der Waals surface area contributed by atoms with Crippen molar-refractivity contribution in [2.24, 2.45) is 12.0 Å². The summed E-state index contributed by atoms with van der Waals surface area (Å²) in [5, 5.41) is 11.3. The molecule has 0 amide bonds. The smallest absolute Gasteiger partial charge is 0.191 e. The van der Waals surface area contributed by atoms with Crippen molar-refractivity contribution in [2.75, 3.05) is 38.2 Å². The lowest BCUT2D eigenvalue weighted by molar-refractivity contribution is 0.0468. The molecule has 0 aromatic carbocycles. The molecule has 1 aromatic heterocycles. The normalized spacial score (nSPS) is 22.5. The fourth-order valence-electron chi connectivity index (χ4n) is 4.09. The summed E-state index contributed by atoms with van der Waals surface area (Å²) in [4.78, 5) is 6.79. The molecule has 2 N–H and O–H groups in total. The van der Waals surface area contributed by atoms with Crippen molar-refractivity contribution >= 4 is 11.6 Å². The third-order valence-electron chi connectivity index (χ3n) is 5.59. The van der Waals surface area contributed by atoms with Gasteiger partial charge in [-0.3, -0.25) is 9.67 Å². The maximum Gasteiger partial charge on any atom is 0.191 e. The molecule has 7 heteroatoms. The van der Waals surface area contributed by atoms with Gasteiger partial charge in [-0.25, -0.2) is 0 Å². The van der Waals surface area contributed by atoms with Gasteiger partial charge in [0.2, 0.25) is 0 Å². The van der Waals surface area contributed by atoms with Crippen molar-refractivity contribution in [2.45, 2.75) is 63.5 Å². The molecule has 0 spiro atoms. The highest BCUT2D eigenvalue weighted by Gasteiger charge is 2.21. The average molecular weight is 377 g/mol. The monoisotopic (exact) mass is 376 g/mol. The Morgan fingerprint density at radius 1 is 1.22 bits per heavy atom. The van der Waals surface area contributed by atoms with Crippen LogP contribution in [-0.4, -0.2) is 61.2 Å². The molecule has 27 heavy (non-hydrogen) atoms. The largest absolute Gasteiger partial charge is 0.376 e. The standard InChI is InChI=1S/C20H36N6O/c1-21-20(22-11-13-27-19-9-5-3-4-6-10-19)24-17-8-7-12-26(15-17)18-14-23-25(2)16-18/h14,16-17,19H,3-13,15H2,1-2H3,(H2,21,22,24). The lowest BCUT2D eigenvalue weighted by atomic mass is 10.1. The van der Waals surface area contributed by atoms with Gasteiger partial charge < -0.3 is 20.3 Å². The zero-order valence-electron chi connectivity index (χ0n) is 17.0. The van der Waals surface area contributed by atoms with Crippen LogP contribution in [0.25, 0.3) is 0 Å². The Bertz CT molecular complexity index is 579. The predicted molar refractivity (Wildman–Crippen MR) is 110 cm³/mol. The summed E-state index contributed by atoms with van der Waals surface area (Å²) in [6.07, 6.45) is 14.6. The number of nitrogens with one attached hydrogen (secondary N) is 2. The average Bonchev–Trinajstić information content (AvgIpc) is 2.96. The molecule has 1 saturated heterocycles. The third-order valence-corrected chi connectivity index (χ3v) is 5.59. The van der Waals surface area contributed by atoms with Gasteiger partial charge in [0.05, 0.1) is 24.6 Å². The maximum absolute atomic E-state index is 6.06. The van der Waals surface area contributed by atoms with Crippen LogP contribution in [0.2, 0.25) is 0 Å². The summed E-state index contributed by atoms with van der Waals surface area (Å²) >= 11 is 0. The van der Waals surface area contributed by atoms with Crippen molar-refractivity contribution < 1.29 is 4.74 Å². The second-order valence-electron chi connectivity index (χ2n) is 7.79. The molecule has 2 fully saturated rings. The Morgan fingerprint density at radius 3 is 2.74 bits per heavy atom. The predicted octanol–water partition coefficient (Wildman–Crippen LogP) is 2.29. The van der Waals surface area contributed by atoms with Gasteiger partial charge in [0, 0.05) is 46.0 Å². The van der Waals surface area contributed by atoms with Crippen LogP contribution in [0, 0.1) is 0 Å². The Balaban J connectivity index is 1.37. The number of guanidine groups is 1. The second-order valence-corrected chi connectivity index (χ2v) is 7.79. The molecule has 0 radical (unpaired) electrons. The van der Waals surface area contributed by atoms with Crippen molar-refractivity contribution in [3.8, 4) is 0 Å². The van der Waals surface area contributed by atoms with E-state index in [1.165, 1.54) is 50.6 Å². The van der Waals surface area contributed by atoms with E-state index in [1.807, 2.05) is 25.0 Å². The quantitative estimate of drug-likeness (QED) is 0.345. The van der Waals surface area contributed by atoms with E-state index in [-0.39, 0.29) is 0 Å². The molecule has 3 rings (SSSR count). The van der Waals surface area contributed by atoms with Crippen molar-refractivity contribution in [3.05, 3.63) is 12.4 Å². The minimum absolute atomic E-state index is 0.396. The molecular weight excluding hydrogens is 340 g/mol. The molecule has 2 aliphatic rings. The molecule has 1 aliphatic carbocycles. The van der Waals surface area contributed by atoms with E-state index in [0.29, 0.717) is 12.1 Å². The zero-order valence-corrected chi connectivity index (χ0v) is 17.0.